The van der Waals surface area contributed by atoms with Gasteiger partial charge in [-0.05, 0) is 48.9 Å². The van der Waals surface area contributed by atoms with E-state index in [1.165, 1.54) is 0 Å². The summed E-state index contributed by atoms with van der Waals surface area (Å²) < 4.78 is 0. The molecule has 1 aliphatic rings. The second-order valence-electron chi connectivity index (χ2n) is 7.99. The Kier molecular flexibility index (Phi) is 8.38. The molecule has 2 rings (SSSR count). The zero-order valence-corrected chi connectivity index (χ0v) is 17.2. The number of amides is 2. The third kappa shape index (κ3) is 6.45. The van der Waals surface area contributed by atoms with Crippen LogP contribution in [0.5, 0.6) is 0 Å². The number of anilines is 1. The first kappa shape index (κ1) is 22.7. The lowest BCUT2D eigenvalue weighted by molar-refractivity contribution is -0.117. The summed E-state index contributed by atoms with van der Waals surface area (Å²) in [5, 5.41) is 6.25. The molecule has 0 aliphatic heterocycles. The van der Waals surface area contributed by atoms with Crippen LogP contribution < -0.4 is 16.4 Å². The van der Waals surface area contributed by atoms with Crippen molar-refractivity contribution in [1.82, 2.24) is 5.32 Å². The molecule has 1 aromatic carbocycles. The molecule has 1 aliphatic carbocycles. The number of hydrogen-bond donors (Lipinski definition) is 3. The number of carbonyl (C=O) groups excluding carboxylic acids is 2. The zero-order chi connectivity index (χ0) is 18.6. The molecule has 0 spiro atoms. The van der Waals surface area contributed by atoms with Crippen molar-refractivity contribution in [1.29, 1.82) is 0 Å². The molecule has 2 amide bonds. The number of halogens is 2. The lowest BCUT2D eigenvalue weighted by Gasteiger charge is -2.20. The summed E-state index contributed by atoms with van der Waals surface area (Å²) in [6, 6.07) is 5.06. The molecule has 4 N–H and O–H groups in total. The smallest absolute Gasteiger partial charge is 0.253 e. The molecule has 0 bridgehead atoms. The first-order valence-corrected chi connectivity index (χ1v) is 9.18. The quantitative estimate of drug-likeness (QED) is 0.696. The predicted octanol–water partition coefficient (Wildman–Crippen LogP) is 3.99. The summed E-state index contributed by atoms with van der Waals surface area (Å²) in [6.07, 6.45) is 3.45. The lowest BCUT2D eigenvalue weighted by Crippen LogP contribution is -2.40. The van der Waals surface area contributed by atoms with Crippen LogP contribution in [0, 0.1) is 11.3 Å². The van der Waals surface area contributed by atoms with E-state index in [2.05, 4.69) is 10.6 Å². The minimum Gasteiger partial charge on any atom is -0.349 e. The SMILES string of the molecule is CC(C)(C)CC(=O)Nc1ccc(Cl)c(C(=O)NC2CCCC2CN)c1.Cl. The van der Waals surface area contributed by atoms with Crippen molar-refractivity contribution in [3.8, 4) is 0 Å². The molecule has 2 unspecified atom stereocenters. The first-order chi connectivity index (χ1) is 11.7. The van der Waals surface area contributed by atoms with Gasteiger partial charge in [0.2, 0.25) is 5.91 Å². The summed E-state index contributed by atoms with van der Waals surface area (Å²) in [6.45, 7) is 6.58. The van der Waals surface area contributed by atoms with Crippen molar-refractivity contribution in [2.75, 3.05) is 11.9 Å². The monoisotopic (exact) mass is 401 g/mol. The van der Waals surface area contributed by atoms with Crippen LogP contribution in [0.3, 0.4) is 0 Å². The van der Waals surface area contributed by atoms with Gasteiger partial charge in [0.05, 0.1) is 10.6 Å². The van der Waals surface area contributed by atoms with E-state index in [9.17, 15) is 9.59 Å². The Hall–Kier alpha value is -1.30. The zero-order valence-electron chi connectivity index (χ0n) is 15.6. The molecule has 1 saturated carbocycles. The van der Waals surface area contributed by atoms with Crippen molar-refractivity contribution < 1.29 is 9.59 Å². The number of nitrogens with two attached hydrogens (primary N) is 1. The lowest BCUT2D eigenvalue weighted by atomic mass is 9.92. The molecule has 1 aromatic rings. The van der Waals surface area contributed by atoms with Crippen LogP contribution in [0.1, 0.15) is 56.8 Å². The van der Waals surface area contributed by atoms with Gasteiger partial charge in [-0.15, -0.1) is 12.4 Å². The van der Waals surface area contributed by atoms with Gasteiger partial charge in [0.15, 0.2) is 0 Å². The van der Waals surface area contributed by atoms with Gasteiger partial charge in [0, 0.05) is 18.2 Å². The molecule has 0 heterocycles. The molecule has 146 valence electrons. The van der Waals surface area contributed by atoms with Crippen LogP contribution in [0.15, 0.2) is 18.2 Å². The van der Waals surface area contributed by atoms with Crippen LogP contribution in [0.25, 0.3) is 0 Å². The largest absolute Gasteiger partial charge is 0.349 e. The molecule has 2 atom stereocenters. The fourth-order valence-corrected chi connectivity index (χ4v) is 3.42. The summed E-state index contributed by atoms with van der Waals surface area (Å²) in [5.41, 5.74) is 6.62. The van der Waals surface area contributed by atoms with Crippen molar-refractivity contribution in [3.63, 3.8) is 0 Å². The minimum atomic E-state index is -0.220. The molecule has 1 fully saturated rings. The van der Waals surface area contributed by atoms with Crippen LogP contribution >= 0.6 is 24.0 Å². The van der Waals surface area contributed by atoms with Crippen LogP contribution in [0.2, 0.25) is 5.02 Å². The molecule has 0 aromatic heterocycles. The summed E-state index contributed by atoms with van der Waals surface area (Å²) in [4.78, 5) is 24.7. The van der Waals surface area contributed by atoms with Crippen molar-refractivity contribution in [2.24, 2.45) is 17.1 Å². The average Bonchev–Trinajstić information content (AvgIpc) is 2.94. The van der Waals surface area contributed by atoms with E-state index in [1.807, 2.05) is 20.8 Å². The summed E-state index contributed by atoms with van der Waals surface area (Å²) >= 11 is 6.19. The van der Waals surface area contributed by atoms with E-state index in [1.54, 1.807) is 18.2 Å². The molecule has 26 heavy (non-hydrogen) atoms. The van der Waals surface area contributed by atoms with E-state index in [4.69, 9.17) is 17.3 Å². The Bertz CT molecular complexity index is 644. The molecule has 0 saturated heterocycles. The van der Waals surface area contributed by atoms with Crippen LogP contribution in [-0.2, 0) is 4.79 Å². The maximum absolute atomic E-state index is 12.6. The van der Waals surface area contributed by atoms with Crippen molar-refractivity contribution >= 4 is 41.5 Å². The fraction of sp³-hybridized carbons (Fsp3) is 0.579. The van der Waals surface area contributed by atoms with Gasteiger partial charge in [0.1, 0.15) is 0 Å². The van der Waals surface area contributed by atoms with E-state index >= 15 is 0 Å². The Balaban J connectivity index is 0.00000338. The number of carbonyl (C=O) groups is 2. The number of hydrogen-bond acceptors (Lipinski definition) is 3. The molecule has 5 nitrogen and oxygen atoms in total. The Labute approximate surface area is 166 Å². The number of nitrogens with one attached hydrogen (secondary N) is 2. The molecule has 7 heteroatoms. The van der Waals surface area contributed by atoms with Gasteiger partial charge < -0.3 is 16.4 Å². The van der Waals surface area contributed by atoms with Gasteiger partial charge in [-0.2, -0.15) is 0 Å². The van der Waals surface area contributed by atoms with Crippen LogP contribution in [-0.4, -0.2) is 24.4 Å². The van der Waals surface area contributed by atoms with Crippen molar-refractivity contribution in [3.05, 3.63) is 28.8 Å². The highest BCUT2D eigenvalue weighted by Gasteiger charge is 2.28. The second kappa shape index (κ2) is 9.58. The van der Waals surface area contributed by atoms with E-state index in [-0.39, 0.29) is 35.7 Å². The standard InChI is InChI=1S/C19H28ClN3O2.ClH/c1-19(2,3)10-17(24)22-13-7-8-15(20)14(9-13)18(25)23-16-6-4-5-12(16)11-21;/h7-9,12,16H,4-6,10-11,21H2,1-3H3,(H,22,24)(H,23,25);1H. The van der Waals surface area contributed by atoms with Crippen molar-refractivity contribution in [2.45, 2.75) is 52.5 Å². The Morgan fingerprint density at radius 1 is 1.27 bits per heavy atom. The Morgan fingerprint density at radius 2 is 1.96 bits per heavy atom. The number of benzene rings is 1. The summed E-state index contributed by atoms with van der Waals surface area (Å²) in [5.74, 6) is 0.0137. The van der Waals surface area contributed by atoms with E-state index < -0.39 is 0 Å². The molecular formula is C19H29Cl2N3O2. The predicted molar refractivity (Wildman–Crippen MR) is 109 cm³/mol. The third-order valence-electron chi connectivity index (χ3n) is 4.46. The first-order valence-electron chi connectivity index (χ1n) is 8.80. The highest BCUT2D eigenvalue weighted by molar-refractivity contribution is 6.34. The topological polar surface area (TPSA) is 84.2 Å². The van der Waals surface area contributed by atoms with Gasteiger partial charge in [0.25, 0.3) is 5.91 Å². The van der Waals surface area contributed by atoms with Gasteiger partial charge in [-0.1, -0.05) is 38.8 Å². The molecular weight excluding hydrogens is 373 g/mol. The average molecular weight is 402 g/mol. The highest BCUT2D eigenvalue weighted by Crippen LogP contribution is 2.27. The molecule has 0 radical (unpaired) electrons. The number of rotatable bonds is 5. The van der Waals surface area contributed by atoms with E-state index in [0.717, 1.165) is 19.3 Å². The maximum atomic E-state index is 12.6. The summed E-state index contributed by atoms with van der Waals surface area (Å²) in [7, 11) is 0. The Morgan fingerprint density at radius 3 is 2.58 bits per heavy atom. The minimum absolute atomic E-state index is 0. The second-order valence-corrected chi connectivity index (χ2v) is 8.39. The fourth-order valence-electron chi connectivity index (χ4n) is 3.22. The normalized spacial score (nSPS) is 19.6. The van der Waals surface area contributed by atoms with Gasteiger partial charge >= 0.3 is 0 Å². The van der Waals surface area contributed by atoms with E-state index in [0.29, 0.717) is 35.2 Å². The van der Waals surface area contributed by atoms with Gasteiger partial charge in [-0.25, -0.2) is 0 Å². The third-order valence-corrected chi connectivity index (χ3v) is 4.79. The van der Waals surface area contributed by atoms with Crippen LogP contribution in [0.4, 0.5) is 5.69 Å². The maximum Gasteiger partial charge on any atom is 0.253 e. The van der Waals surface area contributed by atoms with Gasteiger partial charge in [-0.3, -0.25) is 9.59 Å². The highest BCUT2D eigenvalue weighted by atomic mass is 35.5.